The number of amides is 2. The van der Waals surface area contributed by atoms with Gasteiger partial charge in [-0.2, -0.15) is 0 Å². The molecule has 1 heterocycles. The van der Waals surface area contributed by atoms with Crippen molar-refractivity contribution in [1.82, 2.24) is 0 Å². The fraction of sp³-hybridized carbons (Fsp3) is 0.273. The van der Waals surface area contributed by atoms with Crippen LogP contribution in [0.25, 0.3) is 11.0 Å². The van der Waals surface area contributed by atoms with Gasteiger partial charge in [-0.1, -0.05) is 19.9 Å². The second-order valence-electron chi connectivity index (χ2n) is 7.05. The van der Waals surface area contributed by atoms with E-state index in [2.05, 4.69) is 10.6 Å². The Morgan fingerprint density at radius 3 is 2.55 bits per heavy atom. The van der Waals surface area contributed by atoms with E-state index in [0.717, 1.165) is 10.9 Å². The summed E-state index contributed by atoms with van der Waals surface area (Å²) in [7, 11) is 1.59. The quantitative estimate of drug-likeness (QED) is 0.597. The van der Waals surface area contributed by atoms with Crippen molar-refractivity contribution in [3.05, 3.63) is 54.3 Å². The molecule has 3 rings (SSSR count). The second kappa shape index (κ2) is 9.14. The standard InChI is InChI=1S/C22H24N2O5/c1-14(2)12-29-22(26)24-17-6-4-5-16(10-17)23-21(25)9-15-13-28-20-11-18(27-3)7-8-19(15)20/h4-8,10-11,13-14H,9,12H2,1-3H3,(H,23,25)(H,24,26). The zero-order valence-electron chi connectivity index (χ0n) is 16.7. The summed E-state index contributed by atoms with van der Waals surface area (Å²) in [6, 6.07) is 12.4. The number of anilines is 2. The normalized spacial score (nSPS) is 10.8. The van der Waals surface area contributed by atoms with Crippen LogP contribution in [0.4, 0.5) is 16.2 Å². The number of benzene rings is 2. The summed E-state index contributed by atoms with van der Waals surface area (Å²) in [5, 5.41) is 6.35. The number of carbonyl (C=O) groups excluding carboxylic acids is 2. The van der Waals surface area contributed by atoms with Gasteiger partial charge in [-0.15, -0.1) is 0 Å². The van der Waals surface area contributed by atoms with Crippen LogP contribution in [-0.2, 0) is 16.0 Å². The Bertz CT molecular complexity index is 1010. The van der Waals surface area contributed by atoms with Gasteiger partial charge < -0.3 is 19.2 Å². The molecule has 0 bridgehead atoms. The highest BCUT2D eigenvalue weighted by Crippen LogP contribution is 2.26. The van der Waals surface area contributed by atoms with Crippen molar-refractivity contribution in [3.63, 3.8) is 0 Å². The molecule has 0 aliphatic rings. The van der Waals surface area contributed by atoms with Gasteiger partial charge in [-0.3, -0.25) is 10.1 Å². The second-order valence-corrected chi connectivity index (χ2v) is 7.05. The van der Waals surface area contributed by atoms with Crippen molar-refractivity contribution in [3.8, 4) is 5.75 Å². The van der Waals surface area contributed by atoms with Crippen molar-refractivity contribution < 1.29 is 23.5 Å². The molecule has 0 atom stereocenters. The predicted molar refractivity (Wildman–Crippen MR) is 111 cm³/mol. The molecular formula is C22H24N2O5. The van der Waals surface area contributed by atoms with Gasteiger partial charge in [-0.05, 0) is 36.2 Å². The molecule has 1 aromatic heterocycles. The van der Waals surface area contributed by atoms with Gasteiger partial charge in [0.15, 0.2) is 0 Å². The number of carbonyl (C=O) groups is 2. The molecule has 3 aromatic rings. The Kier molecular flexibility index (Phi) is 6.39. The first kappa shape index (κ1) is 20.3. The van der Waals surface area contributed by atoms with Crippen LogP contribution in [0.2, 0.25) is 0 Å². The maximum Gasteiger partial charge on any atom is 0.411 e. The third-order valence-electron chi connectivity index (χ3n) is 4.15. The molecule has 2 aromatic carbocycles. The third kappa shape index (κ3) is 5.51. The minimum Gasteiger partial charge on any atom is -0.497 e. The molecule has 0 spiro atoms. The average Bonchev–Trinajstić information content (AvgIpc) is 3.08. The topological polar surface area (TPSA) is 89.8 Å². The first-order valence-corrected chi connectivity index (χ1v) is 9.32. The Labute approximate surface area is 169 Å². The van der Waals surface area contributed by atoms with E-state index in [0.29, 0.717) is 29.3 Å². The van der Waals surface area contributed by atoms with Gasteiger partial charge in [0.1, 0.15) is 11.3 Å². The summed E-state index contributed by atoms with van der Waals surface area (Å²) in [6.45, 7) is 4.26. The molecule has 152 valence electrons. The van der Waals surface area contributed by atoms with E-state index in [-0.39, 0.29) is 18.2 Å². The summed E-state index contributed by atoms with van der Waals surface area (Å²) in [5.41, 5.74) is 2.56. The number of methoxy groups -OCH3 is 1. The Morgan fingerprint density at radius 1 is 1.07 bits per heavy atom. The molecule has 0 aliphatic carbocycles. The van der Waals surface area contributed by atoms with E-state index in [9.17, 15) is 9.59 Å². The molecule has 2 N–H and O–H groups in total. The first-order valence-electron chi connectivity index (χ1n) is 9.32. The molecule has 7 heteroatoms. The molecule has 0 saturated heterocycles. The zero-order chi connectivity index (χ0) is 20.8. The summed E-state index contributed by atoms with van der Waals surface area (Å²) in [6.07, 6.45) is 1.21. The van der Waals surface area contributed by atoms with Gasteiger partial charge >= 0.3 is 6.09 Å². The van der Waals surface area contributed by atoms with Crippen LogP contribution in [0, 0.1) is 5.92 Å². The molecule has 29 heavy (non-hydrogen) atoms. The van der Waals surface area contributed by atoms with Crippen molar-refractivity contribution in [2.45, 2.75) is 20.3 Å². The maximum atomic E-state index is 12.5. The van der Waals surface area contributed by atoms with Crippen LogP contribution < -0.4 is 15.4 Å². The Balaban J connectivity index is 1.61. The van der Waals surface area contributed by atoms with E-state index in [1.807, 2.05) is 26.0 Å². The predicted octanol–water partition coefficient (Wildman–Crippen LogP) is 4.83. The molecular weight excluding hydrogens is 372 g/mol. The summed E-state index contributed by atoms with van der Waals surface area (Å²) < 4.78 is 15.8. The molecule has 0 saturated carbocycles. The highest BCUT2D eigenvalue weighted by molar-refractivity contribution is 5.96. The molecule has 0 radical (unpaired) electrons. The van der Waals surface area contributed by atoms with E-state index in [1.54, 1.807) is 43.7 Å². The molecule has 0 unspecified atom stereocenters. The van der Waals surface area contributed by atoms with E-state index in [1.165, 1.54) is 0 Å². The van der Waals surface area contributed by atoms with Gasteiger partial charge in [-0.25, -0.2) is 4.79 Å². The Morgan fingerprint density at radius 2 is 1.83 bits per heavy atom. The fourth-order valence-electron chi connectivity index (χ4n) is 2.78. The van der Waals surface area contributed by atoms with Gasteiger partial charge in [0.05, 0.1) is 26.4 Å². The summed E-state index contributed by atoms with van der Waals surface area (Å²) >= 11 is 0. The lowest BCUT2D eigenvalue weighted by molar-refractivity contribution is -0.115. The van der Waals surface area contributed by atoms with Crippen LogP contribution in [-0.4, -0.2) is 25.7 Å². The number of ether oxygens (including phenoxy) is 2. The highest BCUT2D eigenvalue weighted by atomic mass is 16.5. The van der Waals surface area contributed by atoms with E-state index >= 15 is 0 Å². The average molecular weight is 396 g/mol. The van der Waals surface area contributed by atoms with Crippen molar-refractivity contribution in [2.75, 3.05) is 24.4 Å². The fourth-order valence-corrected chi connectivity index (χ4v) is 2.78. The van der Waals surface area contributed by atoms with Crippen molar-refractivity contribution in [1.29, 1.82) is 0 Å². The molecule has 0 aliphatic heterocycles. The molecule has 2 amide bonds. The van der Waals surface area contributed by atoms with Crippen molar-refractivity contribution in [2.24, 2.45) is 5.92 Å². The summed E-state index contributed by atoms with van der Waals surface area (Å²) in [4.78, 5) is 24.3. The van der Waals surface area contributed by atoms with Crippen LogP contribution in [0.5, 0.6) is 5.75 Å². The Hall–Kier alpha value is -3.48. The van der Waals surface area contributed by atoms with Crippen LogP contribution in [0.3, 0.4) is 0 Å². The first-order chi connectivity index (χ1) is 13.9. The number of hydrogen-bond acceptors (Lipinski definition) is 5. The minimum absolute atomic E-state index is 0.160. The molecule has 7 nitrogen and oxygen atoms in total. The van der Waals surface area contributed by atoms with Gasteiger partial charge in [0.25, 0.3) is 0 Å². The number of furan rings is 1. The van der Waals surface area contributed by atoms with Gasteiger partial charge in [0.2, 0.25) is 5.91 Å². The monoisotopic (exact) mass is 396 g/mol. The van der Waals surface area contributed by atoms with Crippen LogP contribution in [0.1, 0.15) is 19.4 Å². The highest BCUT2D eigenvalue weighted by Gasteiger charge is 2.12. The number of hydrogen-bond donors (Lipinski definition) is 2. The third-order valence-corrected chi connectivity index (χ3v) is 4.15. The van der Waals surface area contributed by atoms with Crippen LogP contribution in [0.15, 0.2) is 53.1 Å². The number of fused-ring (bicyclic) bond motifs is 1. The van der Waals surface area contributed by atoms with Gasteiger partial charge in [0, 0.05) is 28.4 Å². The largest absolute Gasteiger partial charge is 0.497 e. The maximum absolute atomic E-state index is 12.5. The molecule has 0 fully saturated rings. The minimum atomic E-state index is -0.525. The zero-order valence-corrected chi connectivity index (χ0v) is 16.7. The van der Waals surface area contributed by atoms with Crippen LogP contribution >= 0.6 is 0 Å². The SMILES string of the molecule is COc1ccc2c(CC(=O)Nc3cccc(NC(=O)OCC(C)C)c3)coc2c1. The lowest BCUT2D eigenvalue weighted by Crippen LogP contribution is -2.17. The smallest absolute Gasteiger partial charge is 0.411 e. The number of rotatable bonds is 7. The van der Waals surface area contributed by atoms with E-state index in [4.69, 9.17) is 13.9 Å². The van der Waals surface area contributed by atoms with Crippen molar-refractivity contribution >= 4 is 34.3 Å². The summed E-state index contributed by atoms with van der Waals surface area (Å²) in [5.74, 6) is 0.758. The van der Waals surface area contributed by atoms with E-state index < -0.39 is 6.09 Å². The lowest BCUT2D eigenvalue weighted by atomic mass is 10.1. The number of nitrogens with one attached hydrogen (secondary N) is 2. The lowest BCUT2D eigenvalue weighted by Gasteiger charge is -2.10.